The Hall–Kier alpha value is -1.06. The third kappa shape index (κ3) is 1.93. The number of benzene rings is 1. The van der Waals surface area contributed by atoms with Gasteiger partial charge in [0.25, 0.3) is 0 Å². The Labute approximate surface area is 100 Å². The molecule has 0 radical (unpaired) electrons. The number of aromatic nitrogens is 2. The Kier molecular flexibility index (Phi) is 3.17. The van der Waals surface area contributed by atoms with Crippen LogP contribution in [-0.4, -0.2) is 22.9 Å². The van der Waals surface area contributed by atoms with Crippen LogP contribution in [0.25, 0.3) is 10.9 Å². The van der Waals surface area contributed by atoms with Crippen molar-refractivity contribution in [3.8, 4) is 0 Å². The second kappa shape index (κ2) is 4.44. The minimum atomic E-state index is 0.432. The van der Waals surface area contributed by atoms with Crippen molar-refractivity contribution < 1.29 is 0 Å². The first-order valence-electron chi connectivity index (χ1n) is 5.41. The van der Waals surface area contributed by atoms with E-state index in [0.717, 1.165) is 17.3 Å². The van der Waals surface area contributed by atoms with Gasteiger partial charge < -0.3 is 5.32 Å². The van der Waals surface area contributed by atoms with E-state index in [0.29, 0.717) is 11.2 Å². The molecule has 1 aromatic heterocycles. The van der Waals surface area contributed by atoms with Crippen LogP contribution in [0.2, 0.25) is 5.15 Å². The third-order valence-electron chi connectivity index (χ3n) is 2.90. The van der Waals surface area contributed by atoms with Crippen LogP contribution in [0.1, 0.15) is 12.5 Å². The van der Waals surface area contributed by atoms with Crippen molar-refractivity contribution >= 4 is 22.5 Å². The summed E-state index contributed by atoms with van der Waals surface area (Å²) in [5.41, 5.74) is 2.21. The quantitative estimate of drug-likeness (QED) is 0.889. The van der Waals surface area contributed by atoms with Gasteiger partial charge in [-0.25, -0.2) is 0 Å². The molecule has 1 atom stereocenters. The molecule has 4 heteroatoms. The van der Waals surface area contributed by atoms with Gasteiger partial charge in [-0.3, -0.25) is 4.68 Å². The number of fused-ring (bicyclic) bond motifs is 1. The van der Waals surface area contributed by atoms with Crippen molar-refractivity contribution in [1.82, 2.24) is 15.1 Å². The van der Waals surface area contributed by atoms with Gasteiger partial charge in [-0.15, -0.1) is 0 Å². The van der Waals surface area contributed by atoms with Crippen molar-refractivity contribution in [3.05, 3.63) is 28.9 Å². The molecule has 1 aromatic carbocycles. The summed E-state index contributed by atoms with van der Waals surface area (Å²) in [5, 5.41) is 9.40. The van der Waals surface area contributed by atoms with Gasteiger partial charge in [-0.2, -0.15) is 5.10 Å². The summed E-state index contributed by atoms with van der Waals surface area (Å²) in [6, 6.07) is 6.57. The van der Waals surface area contributed by atoms with Crippen molar-refractivity contribution in [2.75, 3.05) is 7.05 Å². The van der Waals surface area contributed by atoms with Crippen LogP contribution in [0.15, 0.2) is 18.2 Å². The molecule has 0 saturated heterocycles. The molecule has 0 aliphatic carbocycles. The number of nitrogens with one attached hydrogen (secondary N) is 1. The third-order valence-corrected chi connectivity index (χ3v) is 3.33. The summed E-state index contributed by atoms with van der Waals surface area (Å²) in [6.45, 7) is 2.16. The zero-order valence-corrected chi connectivity index (χ0v) is 10.5. The maximum Gasteiger partial charge on any atom is 0.134 e. The SMILES string of the molecule is CNC(C)Cc1cccc2nn(C)c(Cl)c12. The minimum absolute atomic E-state index is 0.432. The van der Waals surface area contributed by atoms with Gasteiger partial charge in [0.05, 0.1) is 5.52 Å². The lowest BCUT2D eigenvalue weighted by atomic mass is 10.0. The highest BCUT2D eigenvalue weighted by Gasteiger charge is 2.12. The van der Waals surface area contributed by atoms with Crippen LogP contribution < -0.4 is 5.32 Å². The van der Waals surface area contributed by atoms with E-state index in [1.54, 1.807) is 4.68 Å². The molecule has 1 unspecified atom stereocenters. The average molecular weight is 238 g/mol. The summed E-state index contributed by atoms with van der Waals surface area (Å²) in [5.74, 6) is 0. The summed E-state index contributed by atoms with van der Waals surface area (Å²) < 4.78 is 1.72. The van der Waals surface area contributed by atoms with Gasteiger partial charge in [0, 0.05) is 18.5 Å². The van der Waals surface area contributed by atoms with Crippen LogP contribution in [-0.2, 0) is 13.5 Å². The van der Waals surface area contributed by atoms with Crippen molar-refractivity contribution in [3.63, 3.8) is 0 Å². The number of nitrogens with zero attached hydrogens (tertiary/aromatic N) is 2. The molecule has 0 aliphatic rings. The first-order chi connectivity index (χ1) is 7.63. The maximum absolute atomic E-state index is 6.25. The van der Waals surface area contributed by atoms with Gasteiger partial charge in [0.1, 0.15) is 5.15 Å². The monoisotopic (exact) mass is 237 g/mol. The Morgan fingerprint density at radius 2 is 2.25 bits per heavy atom. The van der Waals surface area contributed by atoms with Crippen LogP contribution in [0.4, 0.5) is 0 Å². The van der Waals surface area contributed by atoms with E-state index in [2.05, 4.69) is 23.4 Å². The molecule has 3 nitrogen and oxygen atoms in total. The Balaban J connectivity index is 2.52. The van der Waals surface area contributed by atoms with E-state index in [4.69, 9.17) is 11.6 Å². The number of hydrogen-bond acceptors (Lipinski definition) is 2. The molecule has 0 fully saturated rings. The molecule has 16 heavy (non-hydrogen) atoms. The normalized spacial score (nSPS) is 13.2. The molecule has 2 rings (SSSR count). The summed E-state index contributed by atoms with van der Waals surface area (Å²) in [4.78, 5) is 0. The standard InChI is InChI=1S/C12H16ClN3/c1-8(14-2)7-9-5-4-6-10-11(9)12(13)16(3)15-10/h4-6,8,14H,7H2,1-3H3. The maximum atomic E-state index is 6.25. The molecule has 2 aromatic rings. The largest absolute Gasteiger partial charge is 0.317 e. The molecule has 0 bridgehead atoms. The fourth-order valence-electron chi connectivity index (χ4n) is 1.88. The number of hydrogen-bond donors (Lipinski definition) is 1. The van der Waals surface area contributed by atoms with E-state index >= 15 is 0 Å². The number of likely N-dealkylation sites (N-methyl/N-ethyl adjacent to an activating group) is 1. The smallest absolute Gasteiger partial charge is 0.134 e. The van der Waals surface area contributed by atoms with E-state index in [9.17, 15) is 0 Å². The average Bonchev–Trinajstić information content (AvgIpc) is 2.56. The summed E-state index contributed by atoms with van der Waals surface area (Å²) in [6.07, 6.45) is 0.958. The van der Waals surface area contributed by atoms with Gasteiger partial charge in [-0.05, 0) is 32.0 Å². The fourth-order valence-corrected chi connectivity index (χ4v) is 2.13. The number of halogens is 1. The molecule has 0 aliphatic heterocycles. The topological polar surface area (TPSA) is 29.9 Å². The fraction of sp³-hybridized carbons (Fsp3) is 0.417. The highest BCUT2D eigenvalue weighted by atomic mass is 35.5. The molecule has 0 amide bonds. The highest BCUT2D eigenvalue weighted by molar-refractivity contribution is 6.34. The molecule has 0 saturated carbocycles. The Morgan fingerprint density at radius 1 is 1.50 bits per heavy atom. The summed E-state index contributed by atoms with van der Waals surface area (Å²) in [7, 11) is 3.84. The van der Waals surface area contributed by atoms with E-state index in [1.807, 2.05) is 26.2 Å². The molecule has 1 heterocycles. The number of rotatable bonds is 3. The highest BCUT2D eigenvalue weighted by Crippen LogP contribution is 2.26. The molecule has 86 valence electrons. The van der Waals surface area contributed by atoms with E-state index in [-0.39, 0.29) is 0 Å². The number of aryl methyl sites for hydroxylation is 1. The zero-order chi connectivity index (χ0) is 11.7. The lowest BCUT2D eigenvalue weighted by molar-refractivity contribution is 0.610. The second-order valence-corrected chi connectivity index (χ2v) is 4.48. The van der Waals surface area contributed by atoms with Crippen LogP contribution >= 0.6 is 11.6 Å². The molecular formula is C12H16ClN3. The molecule has 1 N–H and O–H groups in total. The van der Waals surface area contributed by atoms with E-state index in [1.165, 1.54) is 5.56 Å². The van der Waals surface area contributed by atoms with Gasteiger partial charge in [0.2, 0.25) is 0 Å². The van der Waals surface area contributed by atoms with Crippen molar-refractivity contribution in [2.45, 2.75) is 19.4 Å². The second-order valence-electron chi connectivity index (χ2n) is 4.12. The first-order valence-corrected chi connectivity index (χ1v) is 5.78. The lowest BCUT2D eigenvalue weighted by Gasteiger charge is -2.10. The molecular weight excluding hydrogens is 222 g/mol. The van der Waals surface area contributed by atoms with Gasteiger partial charge in [-0.1, -0.05) is 23.7 Å². The Bertz CT molecular complexity index is 504. The summed E-state index contributed by atoms with van der Waals surface area (Å²) >= 11 is 6.25. The van der Waals surface area contributed by atoms with Gasteiger partial charge >= 0.3 is 0 Å². The minimum Gasteiger partial charge on any atom is -0.317 e. The zero-order valence-electron chi connectivity index (χ0n) is 9.79. The van der Waals surface area contributed by atoms with Crippen molar-refractivity contribution in [2.24, 2.45) is 7.05 Å². The van der Waals surface area contributed by atoms with E-state index < -0.39 is 0 Å². The Morgan fingerprint density at radius 3 is 2.94 bits per heavy atom. The van der Waals surface area contributed by atoms with Crippen LogP contribution in [0, 0.1) is 0 Å². The van der Waals surface area contributed by atoms with Crippen LogP contribution in [0.3, 0.4) is 0 Å². The molecule has 0 spiro atoms. The van der Waals surface area contributed by atoms with Crippen molar-refractivity contribution in [1.29, 1.82) is 0 Å². The predicted octanol–water partition coefficient (Wildman–Crippen LogP) is 2.38. The predicted molar refractivity (Wildman–Crippen MR) is 67.9 cm³/mol. The van der Waals surface area contributed by atoms with Gasteiger partial charge in [0.15, 0.2) is 0 Å². The first kappa shape index (κ1) is 11.4. The van der Waals surface area contributed by atoms with Crippen LogP contribution in [0.5, 0.6) is 0 Å². The lowest BCUT2D eigenvalue weighted by Crippen LogP contribution is -2.23.